The third kappa shape index (κ3) is 2.69. The monoisotopic (exact) mass is 289 g/mol. The molecule has 0 spiro atoms. The Hall–Kier alpha value is -1.85. The van der Waals surface area contributed by atoms with Gasteiger partial charge >= 0.3 is 0 Å². The molecule has 0 saturated carbocycles. The van der Waals surface area contributed by atoms with Gasteiger partial charge in [0.2, 0.25) is 5.95 Å². The molecule has 104 valence electrons. The summed E-state index contributed by atoms with van der Waals surface area (Å²) in [6, 6.07) is 7.64. The van der Waals surface area contributed by atoms with E-state index in [0.29, 0.717) is 5.02 Å². The van der Waals surface area contributed by atoms with Gasteiger partial charge < -0.3 is 16.0 Å². The molecule has 1 aliphatic heterocycles. The number of hydrogen-bond donors (Lipinski definition) is 2. The Morgan fingerprint density at radius 2 is 2.05 bits per heavy atom. The molecular weight excluding hydrogens is 274 g/mol. The third-order valence-electron chi connectivity index (χ3n) is 3.34. The zero-order valence-corrected chi connectivity index (χ0v) is 11.8. The van der Waals surface area contributed by atoms with E-state index >= 15 is 0 Å². The summed E-state index contributed by atoms with van der Waals surface area (Å²) >= 11 is 6.07. The lowest BCUT2D eigenvalue weighted by Crippen LogP contribution is -2.43. The Morgan fingerprint density at radius 3 is 2.80 bits per heavy atom. The van der Waals surface area contributed by atoms with Crippen molar-refractivity contribution in [1.82, 2.24) is 15.3 Å². The molecule has 6 heteroatoms. The van der Waals surface area contributed by atoms with E-state index in [1.807, 2.05) is 24.3 Å². The minimum Gasteiger partial charge on any atom is -0.368 e. The molecule has 0 radical (unpaired) electrons. The predicted molar refractivity (Wildman–Crippen MR) is 82.0 cm³/mol. The first kappa shape index (κ1) is 13.1. The molecule has 20 heavy (non-hydrogen) atoms. The summed E-state index contributed by atoms with van der Waals surface area (Å²) in [6.45, 7) is 3.78. The van der Waals surface area contributed by atoms with Gasteiger partial charge in [-0.3, -0.25) is 0 Å². The van der Waals surface area contributed by atoms with Crippen LogP contribution in [0.3, 0.4) is 0 Å². The van der Waals surface area contributed by atoms with Crippen LogP contribution in [-0.2, 0) is 0 Å². The van der Waals surface area contributed by atoms with Gasteiger partial charge in [-0.25, -0.2) is 9.97 Å². The Kier molecular flexibility index (Phi) is 3.71. The Morgan fingerprint density at radius 1 is 1.25 bits per heavy atom. The van der Waals surface area contributed by atoms with Crippen molar-refractivity contribution in [3.05, 3.63) is 35.5 Å². The minimum atomic E-state index is 0.277. The number of halogens is 1. The van der Waals surface area contributed by atoms with Gasteiger partial charge in [0.05, 0.1) is 17.6 Å². The zero-order valence-electron chi connectivity index (χ0n) is 11.0. The smallest absolute Gasteiger partial charge is 0.220 e. The molecule has 2 heterocycles. The highest BCUT2D eigenvalue weighted by molar-refractivity contribution is 6.30. The highest BCUT2D eigenvalue weighted by Gasteiger charge is 2.17. The maximum absolute atomic E-state index is 6.07. The topological polar surface area (TPSA) is 67.1 Å². The van der Waals surface area contributed by atoms with E-state index in [9.17, 15) is 0 Å². The summed E-state index contributed by atoms with van der Waals surface area (Å²) in [5, 5.41) is 4.02. The standard InChI is InChI=1S/C14H16ClN5/c15-11-3-1-2-10(8-11)13-12(9-18-14(16)19-13)20-6-4-17-5-7-20/h1-3,8-9,17H,4-7H2,(H2,16,18,19). The van der Waals surface area contributed by atoms with Crippen molar-refractivity contribution in [2.24, 2.45) is 0 Å². The van der Waals surface area contributed by atoms with Gasteiger partial charge in [-0.2, -0.15) is 0 Å². The fraction of sp³-hybridized carbons (Fsp3) is 0.286. The van der Waals surface area contributed by atoms with Crippen molar-refractivity contribution in [2.45, 2.75) is 0 Å². The van der Waals surface area contributed by atoms with Gasteiger partial charge in [0.1, 0.15) is 0 Å². The number of nitrogen functional groups attached to an aromatic ring is 1. The first-order valence-electron chi connectivity index (χ1n) is 6.58. The number of aromatic nitrogens is 2. The van der Waals surface area contributed by atoms with Gasteiger partial charge in [-0.1, -0.05) is 23.7 Å². The summed E-state index contributed by atoms with van der Waals surface area (Å²) in [7, 11) is 0. The molecule has 1 fully saturated rings. The molecule has 1 aromatic carbocycles. The van der Waals surface area contributed by atoms with Crippen molar-refractivity contribution in [2.75, 3.05) is 36.8 Å². The lowest BCUT2D eigenvalue weighted by Gasteiger charge is -2.30. The molecule has 1 aromatic heterocycles. The summed E-state index contributed by atoms with van der Waals surface area (Å²) in [6.07, 6.45) is 1.80. The lowest BCUT2D eigenvalue weighted by atomic mass is 10.1. The summed E-state index contributed by atoms with van der Waals surface area (Å²) < 4.78 is 0. The van der Waals surface area contributed by atoms with E-state index < -0.39 is 0 Å². The number of nitrogens with zero attached hydrogens (tertiary/aromatic N) is 3. The Balaban J connectivity index is 2.06. The molecule has 5 nitrogen and oxygen atoms in total. The molecule has 2 aromatic rings. The van der Waals surface area contributed by atoms with Crippen molar-refractivity contribution in [3.8, 4) is 11.3 Å². The van der Waals surface area contributed by atoms with Crippen LogP contribution in [0.2, 0.25) is 5.02 Å². The number of nitrogens with one attached hydrogen (secondary N) is 1. The van der Waals surface area contributed by atoms with Crippen LogP contribution < -0.4 is 16.0 Å². The van der Waals surface area contributed by atoms with Crippen molar-refractivity contribution in [3.63, 3.8) is 0 Å². The Bertz CT molecular complexity index is 610. The molecule has 0 bridgehead atoms. The van der Waals surface area contributed by atoms with Gasteiger partial charge in [0.15, 0.2) is 0 Å². The molecular formula is C14H16ClN5. The van der Waals surface area contributed by atoms with Crippen LogP contribution in [0.15, 0.2) is 30.5 Å². The molecule has 3 rings (SSSR count). The fourth-order valence-electron chi connectivity index (χ4n) is 2.37. The summed E-state index contributed by atoms with van der Waals surface area (Å²) in [5.41, 5.74) is 8.54. The van der Waals surface area contributed by atoms with Crippen LogP contribution >= 0.6 is 11.6 Å². The van der Waals surface area contributed by atoms with E-state index in [1.165, 1.54) is 0 Å². The molecule has 1 saturated heterocycles. The molecule has 0 unspecified atom stereocenters. The quantitative estimate of drug-likeness (QED) is 0.882. The van der Waals surface area contributed by atoms with Crippen molar-refractivity contribution < 1.29 is 0 Å². The first-order chi connectivity index (χ1) is 9.74. The fourth-order valence-corrected chi connectivity index (χ4v) is 2.56. The number of nitrogens with two attached hydrogens (primary N) is 1. The van der Waals surface area contributed by atoms with Crippen molar-refractivity contribution in [1.29, 1.82) is 0 Å². The van der Waals surface area contributed by atoms with Crippen molar-refractivity contribution >= 4 is 23.2 Å². The van der Waals surface area contributed by atoms with Crippen LogP contribution in [0.4, 0.5) is 11.6 Å². The second kappa shape index (κ2) is 5.64. The highest BCUT2D eigenvalue weighted by Crippen LogP contribution is 2.30. The summed E-state index contributed by atoms with van der Waals surface area (Å²) in [4.78, 5) is 10.8. The van der Waals surface area contributed by atoms with Gasteiger partial charge in [0.25, 0.3) is 0 Å². The Labute approximate surface area is 122 Å². The van der Waals surface area contributed by atoms with Crippen LogP contribution in [0.25, 0.3) is 11.3 Å². The van der Waals surface area contributed by atoms with Gasteiger partial charge in [-0.05, 0) is 12.1 Å². The molecule has 0 atom stereocenters. The molecule has 1 aliphatic rings. The van der Waals surface area contributed by atoms with Crippen LogP contribution in [0, 0.1) is 0 Å². The van der Waals surface area contributed by atoms with Crippen LogP contribution in [0.5, 0.6) is 0 Å². The summed E-state index contributed by atoms with van der Waals surface area (Å²) in [5.74, 6) is 0.277. The number of benzene rings is 1. The number of anilines is 2. The second-order valence-electron chi connectivity index (χ2n) is 4.71. The third-order valence-corrected chi connectivity index (χ3v) is 3.58. The van der Waals surface area contributed by atoms with E-state index in [4.69, 9.17) is 17.3 Å². The largest absolute Gasteiger partial charge is 0.368 e. The highest BCUT2D eigenvalue weighted by atomic mass is 35.5. The van der Waals surface area contributed by atoms with Crippen LogP contribution in [-0.4, -0.2) is 36.1 Å². The maximum Gasteiger partial charge on any atom is 0.220 e. The van der Waals surface area contributed by atoms with E-state index in [2.05, 4.69) is 20.2 Å². The normalized spacial score (nSPS) is 15.3. The molecule has 0 aliphatic carbocycles. The zero-order chi connectivity index (χ0) is 13.9. The maximum atomic E-state index is 6.07. The molecule has 3 N–H and O–H groups in total. The van der Waals surface area contributed by atoms with Gasteiger partial charge in [-0.15, -0.1) is 0 Å². The van der Waals surface area contributed by atoms with E-state index in [1.54, 1.807) is 6.20 Å². The van der Waals surface area contributed by atoms with Crippen LogP contribution in [0.1, 0.15) is 0 Å². The number of piperazine rings is 1. The second-order valence-corrected chi connectivity index (χ2v) is 5.15. The van der Waals surface area contributed by atoms with Gasteiger partial charge in [0, 0.05) is 36.8 Å². The SMILES string of the molecule is Nc1ncc(N2CCNCC2)c(-c2cccc(Cl)c2)n1. The average Bonchev–Trinajstić information content (AvgIpc) is 2.48. The minimum absolute atomic E-state index is 0.277. The first-order valence-corrected chi connectivity index (χ1v) is 6.96. The lowest BCUT2D eigenvalue weighted by molar-refractivity contribution is 0.588. The number of hydrogen-bond acceptors (Lipinski definition) is 5. The molecule has 0 amide bonds. The van der Waals surface area contributed by atoms with E-state index in [0.717, 1.165) is 43.1 Å². The number of rotatable bonds is 2. The predicted octanol–water partition coefficient (Wildman–Crippen LogP) is 1.79. The van der Waals surface area contributed by atoms with E-state index in [-0.39, 0.29) is 5.95 Å². The average molecular weight is 290 g/mol.